The highest BCUT2D eigenvalue weighted by atomic mass is 35.5. The van der Waals surface area contributed by atoms with E-state index in [4.69, 9.17) is 26.3 Å². The first kappa shape index (κ1) is 10.5. The van der Waals surface area contributed by atoms with Crippen molar-refractivity contribution in [3.63, 3.8) is 0 Å². The lowest BCUT2D eigenvalue weighted by atomic mass is 10.3. The van der Waals surface area contributed by atoms with Gasteiger partial charge in [0.1, 0.15) is 5.16 Å². The van der Waals surface area contributed by atoms with E-state index >= 15 is 0 Å². The standard InChI is InChI=1S/C8H12ClNO3/c1-6(5-7(9)10(2)11)8-12-3-4-13-8/h5,8,11H,1,3-4H2,2H3/b7-5-. The monoisotopic (exact) mass is 205 g/mol. The lowest BCUT2D eigenvalue weighted by molar-refractivity contribution is -0.0213. The van der Waals surface area contributed by atoms with Crippen LogP contribution >= 0.6 is 11.6 Å². The van der Waals surface area contributed by atoms with E-state index in [1.807, 2.05) is 0 Å². The maximum absolute atomic E-state index is 8.92. The molecule has 1 rings (SSSR count). The summed E-state index contributed by atoms with van der Waals surface area (Å²) < 4.78 is 10.3. The third kappa shape index (κ3) is 3.00. The second-order valence-electron chi connectivity index (χ2n) is 2.64. The second kappa shape index (κ2) is 4.62. The number of nitrogens with zero attached hydrogens (tertiary/aromatic N) is 1. The summed E-state index contributed by atoms with van der Waals surface area (Å²) in [5.74, 6) is 0. The zero-order valence-electron chi connectivity index (χ0n) is 7.36. The van der Waals surface area contributed by atoms with Crippen LogP contribution in [0.1, 0.15) is 0 Å². The molecule has 13 heavy (non-hydrogen) atoms. The molecule has 1 heterocycles. The molecule has 4 nitrogen and oxygen atoms in total. The average molecular weight is 206 g/mol. The van der Waals surface area contributed by atoms with Crippen molar-refractivity contribution >= 4 is 11.6 Å². The van der Waals surface area contributed by atoms with Crippen LogP contribution in [0.2, 0.25) is 0 Å². The summed E-state index contributed by atoms with van der Waals surface area (Å²) in [7, 11) is 1.42. The van der Waals surface area contributed by atoms with Gasteiger partial charge in [-0.05, 0) is 6.08 Å². The fourth-order valence-corrected chi connectivity index (χ4v) is 1.03. The first-order valence-electron chi connectivity index (χ1n) is 3.83. The summed E-state index contributed by atoms with van der Waals surface area (Å²) in [5, 5.41) is 9.89. The topological polar surface area (TPSA) is 41.9 Å². The van der Waals surface area contributed by atoms with Crippen molar-refractivity contribution in [1.82, 2.24) is 5.06 Å². The Morgan fingerprint density at radius 2 is 2.15 bits per heavy atom. The van der Waals surface area contributed by atoms with Gasteiger partial charge in [0.2, 0.25) is 0 Å². The van der Waals surface area contributed by atoms with Crippen molar-refractivity contribution in [2.24, 2.45) is 0 Å². The van der Waals surface area contributed by atoms with Crippen molar-refractivity contribution in [2.75, 3.05) is 20.3 Å². The van der Waals surface area contributed by atoms with E-state index in [-0.39, 0.29) is 5.16 Å². The van der Waals surface area contributed by atoms with Gasteiger partial charge in [-0.25, -0.2) is 5.06 Å². The molecule has 0 aromatic rings. The number of hydrogen-bond donors (Lipinski definition) is 1. The number of hydroxylamine groups is 2. The lowest BCUT2D eigenvalue weighted by Gasteiger charge is -2.12. The molecular formula is C8H12ClNO3. The Bertz CT molecular complexity index is 221. The van der Waals surface area contributed by atoms with E-state index in [0.717, 1.165) is 5.06 Å². The predicted molar refractivity (Wildman–Crippen MR) is 48.3 cm³/mol. The van der Waals surface area contributed by atoms with Crippen LogP contribution in [0.4, 0.5) is 0 Å². The number of hydrogen-bond acceptors (Lipinski definition) is 4. The van der Waals surface area contributed by atoms with Crippen LogP contribution in [0, 0.1) is 0 Å². The minimum absolute atomic E-state index is 0.170. The first-order chi connectivity index (χ1) is 6.11. The molecule has 74 valence electrons. The molecule has 0 amide bonds. The van der Waals surface area contributed by atoms with Gasteiger partial charge in [0.15, 0.2) is 6.29 Å². The van der Waals surface area contributed by atoms with E-state index in [9.17, 15) is 0 Å². The van der Waals surface area contributed by atoms with E-state index in [1.54, 1.807) is 0 Å². The highest BCUT2D eigenvalue weighted by molar-refractivity contribution is 6.29. The molecular weight excluding hydrogens is 194 g/mol. The Balaban J connectivity index is 2.52. The molecule has 5 heteroatoms. The van der Waals surface area contributed by atoms with Gasteiger partial charge in [0, 0.05) is 12.6 Å². The van der Waals surface area contributed by atoms with Gasteiger partial charge in [-0.15, -0.1) is 0 Å². The molecule has 0 radical (unpaired) electrons. The number of rotatable bonds is 3. The summed E-state index contributed by atoms with van der Waals surface area (Å²) >= 11 is 5.65. The highest BCUT2D eigenvalue weighted by Gasteiger charge is 2.18. The lowest BCUT2D eigenvalue weighted by Crippen LogP contribution is -2.12. The third-order valence-corrected chi connectivity index (χ3v) is 1.89. The fraction of sp³-hybridized carbons (Fsp3) is 0.500. The van der Waals surface area contributed by atoms with Gasteiger partial charge in [0.05, 0.1) is 13.2 Å². The molecule has 1 fully saturated rings. The van der Waals surface area contributed by atoms with Crippen molar-refractivity contribution in [3.8, 4) is 0 Å². The molecule has 0 bridgehead atoms. The summed E-state index contributed by atoms with van der Waals surface area (Å²) in [5.41, 5.74) is 0.586. The van der Waals surface area contributed by atoms with Gasteiger partial charge in [-0.3, -0.25) is 5.21 Å². The maximum atomic E-state index is 8.92. The minimum atomic E-state index is -0.436. The van der Waals surface area contributed by atoms with Crippen molar-refractivity contribution in [1.29, 1.82) is 0 Å². The third-order valence-electron chi connectivity index (χ3n) is 1.54. The summed E-state index contributed by atoms with van der Waals surface area (Å²) in [6.07, 6.45) is 1.06. The smallest absolute Gasteiger partial charge is 0.183 e. The zero-order chi connectivity index (χ0) is 9.84. The van der Waals surface area contributed by atoms with E-state index in [1.165, 1.54) is 13.1 Å². The van der Waals surface area contributed by atoms with Crippen molar-refractivity contribution < 1.29 is 14.7 Å². The van der Waals surface area contributed by atoms with Crippen LogP contribution in [-0.4, -0.2) is 36.8 Å². The molecule has 1 aliphatic heterocycles. The SMILES string of the molecule is C=C(/C=C(/Cl)N(C)O)C1OCCO1. The molecule has 1 aliphatic rings. The zero-order valence-corrected chi connectivity index (χ0v) is 8.12. The largest absolute Gasteiger partial charge is 0.346 e. The Kier molecular flexibility index (Phi) is 3.74. The van der Waals surface area contributed by atoms with Crippen molar-refractivity contribution in [2.45, 2.75) is 6.29 Å². The Morgan fingerprint density at radius 3 is 2.62 bits per heavy atom. The summed E-state index contributed by atoms with van der Waals surface area (Å²) in [6.45, 7) is 4.83. The molecule has 0 aliphatic carbocycles. The van der Waals surface area contributed by atoms with E-state index in [0.29, 0.717) is 18.8 Å². The van der Waals surface area contributed by atoms with Crippen LogP contribution in [0.15, 0.2) is 23.4 Å². The average Bonchev–Trinajstić information content (AvgIpc) is 2.55. The van der Waals surface area contributed by atoms with E-state index in [2.05, 4.69) is 6.58 Å². The molecule has 1 saturated heterocycles. The molecule has 0 atom stereocenters. The van der Waals surface area contributed by atoms with Crippen LogP contribution in [0.5, 0.6) is 0 Å². The van der Waals surface area contributed by atoms with Crippen LogP contribution < -0.4 is 0 Å². The van der Waals surface area contributed by atoms with Crippen LogP contribution in [0.25, 0.3) is 0 Å². The number of halogens is 1. The molecule has 0 aromatic heterocycles. The minimum Gasteiger partial charge on any atom is -0.346 e. The summed E-state index contributed by atoms with van der Waals surface area (Å²) in [4.78, 5) is 0. The molecule has 0 aromatic carbocycles. The Labute approximate surface area is 81.9 Å². The van der Waals surface area contributed by atoms with Crippen molar-refractivity contribution in [3.05, 3.63) is 23.4 Å². The molecule has 0 unspecified atom stereocenters. The van der Waals surface area contributed by atoms with Gasteiger partial charge < -0.3 is 9.47 Å². The highest BCUT2D eigenvalue weighted by Crippen LogP contribution is 2.16. The normalized spacial score (nSPS) is 19.2. The predicted octanol–water partition coefficient (Wildman–Crippen LogP) is 1.32. The summed E-state index contributed by atoms with van der Waals surface area (Å²) in [6, 6.07) is 0. The van der Waals surface area contributed by atoms with Crippen LogP contribution in [0.3, 0.4) is 0 Å². The molecule has 1 N–H and O–H groups in total. The van der Waals surface area contributed by atoms with Crippen LogP contribution in [-0.2, 0) is 9.47 Å². The maximum Gasteiger partial charge on any atom is 0.183 e. The fourth-order valence-electron chi connectivity index (χ4n) is 0.887. The Morgan fingerprint density at radius 1 is 1.62 bits per heavy atom. The molecule has 0 spiro atoms. The van der Waals surface area contributed by atoms with E-state index < -0.39 is 6.29 Å². The second-order valence-corrected chi connectivity index (χ2v) is 3.03. The molecule has 0 saturated carbocycles. The quantitative estimate of drug-likeness (QED) is 0.429. The number of ether oxygens (including phenoxy) is 2. The van der Waals surface area contributed by atoms with Gasteiger partial charge in [-0.1, -0.05) is 18.2 Å². The van der Waals surface area contributed by atoms with Gasteiger partial charge in [-0.2, -0.15) is 0 Å². The van der Waals surface area contributed by atoms with Gasteiger partial charge >= 0.3 is 0 Å². The first-order valence-corrected chi connectivity index (χ1v) is 4.21. The van der Waals surface area contributed by atoms with Gasteiger partial charge in [0.25, 0.3) is 0 Å². The Hall–Kier alpha value is -0.550.